The summed E-state index contributed by atoms with van der Waals surface area (Å²) in [6, 6.07) is 7.83. The van der Waals surface area contributed by atoms with Gasteiger partial charge in [0, 0.05) is 37.8 Å². The SMILES string of the molecule is CN1CCN(S(=O)(=O)c2ccc3[nH]c(=O)ccc3c2)CC1. The highest BCUT2D eigenvalue weighted by Gasteiger charge is 2.27. The minimum absolute atomic E-state index is 0.197. The number of sulfonamides is 1. The molecule has 1 aliphatic rings. The summed E-state index contributed by atoms with van der Waals surface area (Å²) in [5.41, 5.74) is 0.442. The number of likely N-dealkylation sites (N-methyl/N-ethyl adjacent to an activating group) is 1. The number of piperazine rings is 1. The zero-order valence-electron chi connectivity index (χ0n) is 11.7. The van der Waals surface area contributed by atoms with Crippen LogP contribution in [0.4, 0.5) is 0 Å². The van der Waals surface area contributed by atoms with Crippen molar-refractivity contribution in [1.82, 2.24) is 14.2 Å². The fourth-order valence-corrected chi connectivity index (χ4v) is 3.93. The Morgan fingerprint density at radius 1 is 1.05 bits per heavy atom. The van der Waals surface area contributed by atoms with Crippen molar-refractivity contribution in [2.24, 2.45) is 0 Å². The number of hydrogen-bond acceptors (Lipinski definition) is 4. The summed E-state index contributed by atoms with van der Waals surface area (Å²) in [6.07, 6.45) is 0. The minimum Gasteiger partial charge on any atom is -0.322 e. The predicted molar refractivity (Wildman–Crippen MR) is 80.8 cm³/mol. The van der Waals surface area contributed by atoms with E-state index in [2.05, 4.69) is 9.88 Å². The van der Waals surface area contributed by atoms with Crippen LogP contribution in [0.2, 0.25) is 0 Å². The van der Waals surface area contributed by atoms with Crippen LogP contribution >= 0.6 is 0 Å². The monoisotopic (exact) mass is 307 g/mol. The maximum atomic E-state index is 12.6. The summed E-state index contributed by atoms with van der Waals surface area (Å²) in [4.78, 5) is 16.3. The summed E-state index contributed by atoms with van der Waals surface area (Å²) >= 11 is 0. The Bertz CT molecular complexity index is 821. The van der Waals surface area contributed by atoms with Crippen LogP contribution in [0.5, 0.6) is 0 Å². The molecule has 0 amide bonds. The summed E-state index contributed by atoms with van der Waals surface area (Å²) in [7, 11) is -1.49. The van der Waals surface area contributed by atoms with Crippen molar-refractivity contribution < 1.29 is 8.42 Å². The molecule has 2 aromatic rings. The van der Waals surface area contributed by atoms with Crippen LogP contribution in [0, 0.1) is 0 Å². The maximum absolute atomic E-state index is 12.6. The van der Waals surface area contributed by atoms with Crippen LogP contribution in [0.15, 0.2) is 40.0 Å². The van der Waals surface area contributed by atoms with Gasteiger partial charge >= 0.3 is 0 Å². The van der Waals surface area contributed by atoms with Crippen LogP contribution < -0.4 is 5.56 Å². The topological polar surface area (TPSA) is 73.5 Å². The van der Waals surface area contributed by atoms with Crippen molar-refractivity contribution in [3.63, 3.8) is 0 Å². The Balaban J connectivity index is 1.99. The van der Waals surface area contributed by atoms with Crippen molar-refractivity contribution >= 4 is 20.9 Å². The smallest absolute Gasteiger partial charge is 0.248 e. The second-order valence-corrected chi connectivity index (χ2v) is 7.22. The highest BCUT2D eigenvalue weighted by atomic mass is 32.2. The van der Waals surface area contributed by atoms with Gasteiger partial charge in [-0.15, -0.1) is 0 Å². The molecule has 21 heavy (non-hydrogen) atoms. The van der Waals surface area contributed by atoms with Gasteiger partial charge < -0.3 is 9.88 Å². The summed E-state index contributed by atoms with van der Waals surface area (Å²) in [6.45, 7) is 2.48. The Kier molecular flexibility index (Phi) is 3.56. The molecule has 1 aromatic heterocycles. The first-order chi connectivity index (χ1) is 9.96. The minimum atomic E-state index is -3.47. The van der Waals surface area contributed by atoms with Gasteiger partial charge in [0.1, 0.15) is 0 Å². The lowest BCUT2D eigenvalue weighted by atomic mass is 10.2. The Labute approximate surface area is 123 Å². The number of nitrogens with zero attached hydrogens (tertiary/aromatic N) is 2. The first-order valence-corrected chi connectivity index (χ1v) is 8.23. The third kappa shape index (κ3) is 2.72. The Morgan fingerprint density at radius 3 is 2.48 bits per heavy atom. The fraction of sp³-hybridized carbons (Fsp3) is 0.357. The number of rotatable bonds is 2. The third-order valence-corrected chi connectivity index (χ3v) is 5.69. The number of aromatic amines is 1. The molecular formula is C14H17N3O3S. The normalized spacial score (nSPS) is 18.1. The molecule has 1 N–H and O–H groups in total. The van der Waals surface area contributed by atoms with Crippen molar-refractivity contribution in [2.75, 3.05) is 33.2 Å². The molecule has 6 nitrogen and oxygen atoms in total. The molecule has 0 unspecified atom stereocenters. The number of nitrogens with one attached hydrogen (secondary N) is 1. The molecule has 0 atom stereocenters. The average molecular weight is 307 g/mol. The zero-order chi connectivity index (χ0) is 15.0. The van der Waals surface area contributed by atoms with Crippen molar-refractivity contribution in [2.45, 2.75) is 4.90 Å². The molecular weight excluding hydrogens is 290 g/mol. The van der Waals surface area contributed by atoms with Gasteiger partial charge in [-0.3, -0.25) is 4.79 Å². The standard InChI is InChI=1S/C14H17N3O3S/c1-16-6-8-17(9-7-16)21(19,20)12-3-4-13-11(10-12)2-5-14(18)15-13/h2-5,10H,6-9H2,1H3,(H,15,18). The largest absolute Gasteiger partial charge is 0.322 e. The lowest BCUT2D eigenvalue weighted by Crippen LogP contribution is -2.46. The maximum Gasteiger partial charge on any atom is 0.248 e. The van der Waals surface area contributed by atoms with Gasteiger partial charge in [0.25, 0.3) is 0 Å². The molecule has 1 saturated heterocycles. The summed E-state index contributed by atoms with van der Waals surface area (Å²) in [5, 5.41) is 0.713. The number of H-pyrrole nitrogens is 1. The van der Waals surface area contributed by atoms with Crippen molar-refractivity contribution in [3.05, 3.63) is 40.7 Å². The van der Waals surface area contributed by atoms with E-state index in [-0.39, 0.29) is 10.5 Å². The molecule has 0 radical (unpaired) electrons. The summed E-state index contributed by atoms with van der Waals surface area (Å²) < 4.78 is 26.8. The van der Waals surface area contributed by atoms with Gasteiger partial charge in [-0.25, -0.2) is 8.42 Å². The number of aromatic nitrogens is 1. The zero-order valence-corrected chi connectivity index (χ0v) is 12.6. The van der Waals surface area contributed by atoms with E-state index in [4.69, 9.17) is 0 Å². The van der Waals surface area contributed by atoms with Gasteiger partial charge in [0.2, 0.25) is 15.6 Å². The van der Waals surface area contributed by atoms with Crippen molar-refractivity contribution in [1.29, 1.82) is 0 Å². The van der Waals surface area contributed by atoms with Gasteiger partial charge in [0.05, 0.1) is 4.90 Å². The molecule has 7 heteroatoms. The lowest BCUT2D eigenvalue weighted by Gasteiger charge is -2.31. The van der Waals surface area contributed by atoms with Crippen LogP contribution in [0.3, 0.4) is 0 Å². The molecule has 1 aromatic carbocycles. The second kappa shape index (κ2) is 5.25. The van der Waals surface area contributed by atoms with E-state index in [1.165, 1.54) is 10.4 Å². The van der Waals surface area contributed by atoms with Crippen LogP contribution in [-0.2, 0) is 10.0 Å². The molecule has 3 rings (SSSR count). The van der Waals surface area contributed by atoms with E-state index in [0.29, 0.717) is 24.0 Å². The number of hydrogen-bond donors (Lipinski definition) is 1. The quantitative estimate of drug-likeness (QED) is 0.875. The molecule has 1 aliphatic heterocycles. The predicted octanol–water partition coefficient (Wildman–Crippen LogP) is 0.464. The Morgan fingerprint density at radius 2 is 1.76 bits per heavy atom. The van der Waals surface area contributed by atoms with Crippen molar-refractivity contribution in [3.8, 4) is 0 Å². The molecule has 0 bridgehead atoms. The fourth-order valence-electron chi connectivity index (χ4n) is 2.47. The van der Waals surface area contributed by atoms with E-state index in [1.54, 1.807) is 24.3 Å². The van der Waals surface area contributed by atoms with E-state index < -0.39 is 10.0 Å². The van der Waals surface area contributed by atoms with Gasteiger partial charge in [-0.2, -0.15) is 4.31 Å². The number of pyridine rings is 1. The molecule has 112 valence electrons. The van der Waals surface area contributed by atoms with Gasteiger partial charge in [-0.1, -0.05) is 0 Å². The first kappa shape index (κ1) is 14.2. The highest BCUT2D eigenvalue weighted by molar-refractivity contribution is 7.89. The number of fused-ring (bicyclic) bond motifs is 1. The van der Waals surface area contributed by atoms with Gasteiger partial charge in [0.15, 0.2) is 0 Å². The molecule has 0 spiro atoms. The van der Waals surface area contributed by atoms with Crippen LogP contribution in [-0.4, -0.2) is 55.8 Å². The first-order valence-electron chi connectivity index (χ1n) is 6.78. The molecule has 0 saturated carbocycles. The number of benzene rings is 1. The summed E-state index contributed by atoms with van der Waals surface area (Å²) in [5.74, 6) is 0. The lowest BCUT2D eigenvalue weighted by molar-refractivity contribution is 0.222. The molecule has 1 fully saturated rings. The van der Waals surface area contributed by atoms with E-state index in [0.717, 1.165) is 13.1 Å². The van der Waals surface area contributed by atoms with E-state index >= 15 is 0 Å². The average Bonchev–Trinajstić information content (AvgIpc) is 2.47. The van der Waals surface area contributed by atoms with E-state index in [1.807, 2.05) is 7.05 Å². The third-order valence-electron chi connectivity index (χ3n) is 3.80. The molecule has 2 heterocycles. The Hall–Kier alpha value is -1.70. The van der Waals surface area contributed by atoms with Crippen LogP contribution in [0.1, 0.15) is 0 Å². The van der Waals surface area contributed by atoms with Gasteiger partial charge in [-0.05, 0) is 36.7 Å². The van der Waals surface area contributed by atoms with E-state index in [9.17, 15) is 13.2 Å². The highest BCUT2D eigenvalue weighted by Crippen LogP contribution is 2.21. The second-order valence-electron chi connectivity index (χ2n) is 5.28. The molecule has 0 aliphatic carbocycles. The van der Waals surface area contributed by atoms with Crippen LogP contribution in [0.25, 0.3) is 10.9 Å².